The van der Waals surface area contributed by atoms with Gasteiger partial charge in [0.15, 0.2) is 5.15 Å². The second-order valence-corrected chi connectivity index (χ2v) is 2.70. The SMILES string of the molecule is CC#CCNc1ccnc(Cl)c1N. The minimum atomic E-state index is 0.314. The van der Waals surface area contributed by atoms with Crippen molar-refractivity contribution in [1.82, 2.24) is 4.98 Å². The van der Waals surface area contributed by atoms with Gasteiger partial charge in [0.2, 0.25) is 0 Å². The third-order valence-electron chi connectivity index (χ3n) is 1.49. The minimum Gasteiger partial charge on any atom is -0.395 e. The number of halogens is 1. The summed E-state index contributed by atoms with van der Waals surface area (Å²) in [6.45, 7) is 2.34. The van der Waals surface area contributed by atoms with E-state index in [2.05, 4.69) is 22.1 Å². The number of nitrogens with zero attached hydrogens (tertiary/aromatic N) is 1. The van der Waals surface area contributed by atoms with Crippen LogP contribution in [0.1, 0.15) is 6.92 Å². The third-order valence-corrected chi connectivity index (χ3v) is 1.79. The van der Waals surface area contributed by atoms with Gasteiger partial charge >= 0.3 is 0 Å². The molecule has 0 amide bonds. The van der Waals surface area contributed by atoms with E-state index in [1.165, 1.54) is 0 Å². The maximum atomic E-state index is 5.71. The summed E-state index contributed by atoms with van der Waals surface area (Å²) >= 11 is 5.71. The lowest BCUT2D eigenvalue weighted by atomic mass is 10.3. The number of nitrogen functional groups attached to an aromatic ring is 1. The molecule has 0 saturated carbocycles. The van der Waals surface area contributed by atoms with Crippen molar-refractivity contribution in [3.63, 3.8) is 0 Å². The van der Waals surface area contributed by atoms with Crippen LogP contribution in [0.5, 0.6) is 0 Å². The summed E-state index contributed by atoms with van der Waals surface area (Å²) in [5.41, 5.74) is 6.89. The lowest BCUT2D eigenvalue weighted by molar-refractivity contribution is 1.30. The Morgan fingerprint density at radius 2 is 2.46 bits per heavy atom. The van der Waals surface area contributed by atoms with Crippen molar-refractivity contribution in [2.75, 3.05) is 17.6 Å². The molecule has 3 nitrogen and oxygen atoms in total. The molecule has 1 rings (SSSR count). The molecule has 0 aromatic carbocycles. The van der Waals surface area contributed by atoms with E-state index in [1.54, 1.807) is 19.2 Å². The summed E-state index contributed by atoms with van der Waals surface area (Å²) in [6, 6.07) is 1.76. The molecular formula is C9H10ClN3. The Kier molecular flexibility index (Phi) is 3.41. The zero-order valence-electron chi connectivity index (χ0n) is 7.26. The van der Waals surface area contributed by atoms with E-state index >= 15 is 0 Å². The number of hydrogen-bond acceptors (Lipinski definition) is 3. The first-order chi connectivity index (χ1) is 6.25. The van der Waals surface area contributed by atoms with Crippen LogP contribution in [0, 0.1) is 11.8 Å². The number of rotatable bonds is 2. The monoisotopic (exact) mass is 195 g/mol. The summed E-state index contributed by atoms with van der Waals surface area (Å²) in [5, 5.41) is 3.35. The van der Waals surface area contributed by atoms with Crippen molar-refractivity contribution >= 4 is 23.0 Å². The molecule has 0 atom stereocenters. The molecule has 0 bridgehead atoms. The molecule has 68 valence electrons. The Bertz CT molecular complexity index is 352. The van der Waals surface area contributed by atoms with Crippen molar-refractivity contribution in [3.8, 4) is 11.8 Å². The maximum absolute atomic E-state index is 5.71. The fraction of sp³-hybridized carbons (Fsp3) is 0.222. The highest BCUT2D eigenvalue weighted by Crippen LogP contribution is 2.23. The Morgan fingerprint density at radius 1 is 1.69 bits per heavy atom. The molecule has 4 heteroatoms. The zero-order chi connectivity index (χ0) is 9.68. The minimum absolute atomic E-state index is 0.314. The number of aromatic nitrogens is 1. The quantitative estimate of drug-likeness (QED) is 0.559. The third kappa shape index (κ3) is 2.53. The van der Waals surface area contributed by atoms with Gasteiger partial charge in [-0.05, 0) is 13.0 Å². The van der Waals surface area contributed by atoms with Crippen LogP contribution in [-0.2, 0) is 0 Å². The van der Waals surface area contributed by atoms with Gasteiger partial charge in [0.05, 0.1) is 17.9 Å². The van der Waals surface area contributed by atoms with Gasteiger partial charge in [0.25, 0.3) is 0 Å². The van der Waals surface area contributed by atoms with Crippen molar-refractivity contribution in [2.24, 2.45) is 0 Å². The van der Waals surface area contributed by atoms with Crippen molar-refractivity contribution in [2.45, 2.75) is 6.92 Å². The van der Waals surface area contributed by atoms with E-state index in [9.17, 15) is 0 Å². The van der Waals surface area contributed by atoms with Gasteiger partial charge in [-0.3, -0.25) is 0 Å². The maximum Gasteiger partial charge on any atom is 0.153 e. The average Bonchev–Trinajstić information content (AvgIpc) is 2.13. The van der Waals surface area contributed by atoms with E-state index in [0.29, 0.717) is 17.4 Å². The molecule has 0 spiro atoms. The lowest BCUT2D eigenvalue weighted by Gasteiger charge is -2.06. The van der Waals surface area contributed by atoms with E-state index in [0.717, 1.165) is 5.69 Å². The molecule has 1 heterocycles. The molecule has 0 radical (unpaired) electrons. The van der Waals surface area contributed by atoms with Gasteiger partial charge in [-0.1, -0.05) is 17.5 Å². The van der Waals surface area contributed by atoms with Crippen LogP contribution in [0.15, 0.2) is 12.3 Å². The molecule has 13 heavy (non-hydrogen) atoms. The molecule has 1 aromatic heterocycles. The average molecular weight is 196 g/mol. The normalized spacial score (nSPS) is 8.77. The molecule has 0 aliphatic carbocycles. The van der Waals surface area contributed by atoms with Gasteiger partial charge in [0.1, 0.15) is 0 Å². The van der Waals surface area contributed by atoms with Gasteiger partial charge in [0, 0.05) is 6.20 Å². The van der Waals surface area contributed by atoms with Gasteiger partial charge in [-0.15, -0.1) is 5.92 Å². The molecule has 0 aliphatic rings. The fourth-order valence-electron chi connectivity index (χ4n) is 0.830. The summed E-state index contributed by atoms with van der Waals surface area (Å²) in [7, 11) is 0. The number of anilines is 2. The summed E-state index contributed by atoms with van der Waals surface area (Å²) in [6.07, 6.45) is 1.60. The fourth-order valence-corrected chi connectivity index (χ4v) is 0.988. The van der Waals surface area contributed by atoms with Crippen LogP contribution >= 0.6 is 11.6 Å². The Balaban J connectivity index is 2.75. The Labute approximate surface area is 82.3 Å². The standard InChI is InChI=1S/C9H10ClN3/c1-2-3-5-12-7-4-6-13-9(10)8(7)11/h4,6H,5,11H2,1H3,(H,12,13). The summed E-state index contributed by atoms with van der Waals surface area (Å²) < 4.78 is 0. The molecule has 3 N–H and O–H groups in total. The lowest BCUT2D eigenvalue weighted by Crippen LogP contribution is -2.03. The smallest absolute Gasteiger partial charge is 0.153 e. The number of pyridine rings is 1. The predicted octanol–water partition coefficient (Wildman–Crippen LogP) is 1.75. The van der Waals surface area contributed by atoms with Crippen molar-refractivity contribution in [1.29, 1.82) is 0 Å². The first-order valence-corrected chi connectivity index (χ1v) is 4.17. The van der Waals surface area contributed by atoms with Crippen LogP contribution in [0.4, 0.5) is 11.4 Å². The van der Waals surface area contributed by atoms with Crippen molar-refractivity contribution in [3.05, 3.63) is 17.4 Å². The van der Waals surface area contributed by atoms with E-state index in [4.69, 9.17) is 17.3 Å². The highest BCUT2D eigenvalue weighted by molar-refractivity contribution is 6.32. The first-order valence-electron chi connectivity index (χ1n) is 3.79. The first kappa shape index (κ1) is 9.69. The van der Waals surface area contributed by atoms with Crippen molar-refractivity contribution < 1.29 is 0 Å². The van der Waals surface area contributed by atoms with E-state index in [1.807, 2.05) is 0 Å². The highest BCUT2D eigenvalue weighted by Gasteiger charge is 2.01. The number of hydrogen-bond donors (Lipinski definition) is 2. The predicted molar refractivity (Wildman–Crippen MR) is 55.6 cm³/mol. The van der Waals surface area contributed by atoms with Crippen LogP contribution in [-0.4, -0.2) is 11.5 Å². The largest absolute Gasteiger partial charge is 0.395 e. The van der Waals surface area contributed by atoms with Gasteiger partial charge < -0.3 is 11.1 Å². The second kappa shape index (κ2) is 4.58. The summed E-state index contributed by atoms with van der Waals surface area (Å²) in [4.78, 5) is 3.83. The Morgan fingerprint density at radius 3 is 3.15 bits per heavy atom. The second-order valence-electron chi connectivity index (χ2n) is 2.34. The zero-order valence-corrected chi connectivity index (χ0v) is 8.02. The molecule has 0 fully saturated rings. The molecule has 0 unspecified atom stereocenters. The molecule has 0 saturated heterocycles. The topological polar surface area (TPSA) is 50.9 Å². The number of nitrogens with one attached hydrogen (secondary N) is 1. The van der Waals surface area contributed by atoms with Crippen LogP contribution < -0.4 is 11.1 Å². The van der Waals surface area contributed by atoms with Gasteiger partial charge in [-0.25, -0.2) is 4.98 Å². The highest BCUT2D eigenvalue weighted by atomic mass is 35.5. The Hall–Kier alpha value is -1.40. The molecule has 1 aromatic rings. The van der Waals surface area contributed by atoms with Crippen LogP contribution in [0.25, 0.3) is 0 Å². The van der Waals surface area contributed by atoms with Gasteiger partial charge in [-0.2, -0.15) is 0 Å². The van der Waals surface area contributed by atoms with E-state index < -0.39 is 0 Å². The van der Waals surface area contributed by atoms with Crippen LogP contribution in [0.2, 0.25) is 5.15 Å². The van der Waals surface area contributed by atoms with E-state index in [-0.39, 0.29) is 0 Å². The number of nitrogens with two attached hydrogens (primary N) is 1. The van der Waals surface area contributed by atoms with Crippen LogP contribution in [0.3, 0.4) is 0 Å². The molecule has 0 aliphatic heterocycles. The summed E-state index contributed by atoms with van der Waals surface area (Å²) in [5.74, 6) is 5.63. The molecular weight excluding hydrogens is 186 g/mol.